The third-order valence-corrected chi connectivity index (χ3v) is 5.36. The van der Waals surface area contributed by atoms with E-state index in [1.54, 1.807) is 0 Å². The zero-order chi connectivity index (χ0) is 15.6. The third kappa shape index (κ3) is 3.94. The molecule has 3 N–H and O–H groups in total. The standard InChI is InChI=1S/C13H11BrClFN2O2S/c14-11-3-1-9(16)5-8(11)7-18-21(19,20)13-6-10(17)2-4-12(13)15/h1-6,18H,7,17H2. The van der Waals surface area contributed by atoms with Gasteiger partial charge in [-0.3, -0.25) is 0 Å². The molecule has 0 saturated carbocycles. The number of rotatable bonds is 4. The minimum Gasteiger partial charge on any atom is -0.399 e. The summed E-state index contributed by atoms with van der Waals surface area (Å²) in [7, 11) is -3.85. The van der Waals surface area contributed by atoms with Gasteiger partial charge in [0.2, 0.25) is 10.0 Å². The van der Waals surface area contributed by atoms with Crippen molar-refractivity contribution in [3.05, 3.63) is 57.3 Å². The van der Waals surface area contributed by atoms with Gasteiger partial charge in [-0.25, -0.2) is 17.5 Å². The first-order valence-corrected chi connectivity index (χ1v) is 8.43. The van der Waals surface area contributed by atoms with E-state index in [0.29, 0.717) is 10.0 Å². The predicted molar refractivity (Wildman–Crippen MR) is 84.0 cm³/mol. The molecule has 0 amide bonds. The lowest BCUT2D eigenvalue weighted by Gasteiger charge is -2.10. The second kappa shape index (κ2) is 6.31. The topological polar surface area (TPSA) is 72.2 Å². The number of sulfonamides is 1. The van der Waals surface area contributed by atoms with Gasteiger partial charge in [0.1, 0.15) is 10.7 Å². The van der Waals surface area contributed by atoms with Crippen molar-refractivity contribution in [3.63, 3.8) is 0 Å². The average Bonchev–Trinajstić information content (AvgIpc) is 2.42. The van der Waals surface area contributed by atoms with Crippen LogP contribution in [0.5, 0.6) is 0 Å². The van der Waals surface area contributed by atoms with Gasteiger partial charge in [-0.2, -0.15) is 0 Å². The van der Waals surface area contributed by atoms with Crippen molar-refractivity contribution < 1.29 is 12.8 Å². The number of hydrogen-bond acceptors (Lipinski definition) is 3. The van der Waals surface area contributed by atoms with Crippen LogP contribution in [0.25, 0.3) is 0 Å². The molecule has 21 heavy (non-hydrogen) atoms. The average molecular weight is 394 g/mol. The number of benzene rings is 2. The van der Waals surface area contributed by atoms with Crippen LogP contribution in [0, 0.1) is 5.82 Å². The summed E-state index contributed by atoms with van der Waals surface area (Å²) >= 11 is 9.11. The van der Waals surface area contributed by atoms with E-state index < -0.39 is 15.8 Å². The Bertz CT molecular complexity index is 784. The van der Waals surface area contributed by atoms with Crippen molar-refractivity contribution in [2.24, 2.45) is 0 Å². The first kappa shape index (κ1) is 16.2. The van der Waals surface area contributed by atoms with Gasteiger partial charge in [0, 0.05) is 16.7 Å². The Balaban J connectivity index is 2.26. The van der Waals surface area contributed by atoms with Crippen LogP contribution in [0.4, 0.5) is 10.1 Å². The molecule has 0 unspecified atom stereocenters. The number of nitrogen functional groups attached to an aromatic ring is 1. The Morgan fingerprint density at radius 2 is 1.95 bits per heavy atom. The summed E-state index contributed by atoms with van der Waals surface area (Å²) < 4.78 is 40.6. The molecule has 112 valence electrons. The Morgan fingerprint density at radius 3 is 2.67 bits per heavy atom. The third-order valence-electron chi connectivity index (χ3n) is 2.71. The lowest BCUT2D eigenvalue weighted by atomic mass is 10.2. The van der Waals surface area contributed by atoms with Crippen molar-refractivity contribution in [2.45, 2.75) is 11.4 Å². The SMILES string of the molecule is Nc1ccc(Cl)c(S(=O)(=O)NCc2cc(F)ccc2Br)c1. The summed E-state index contributed by atoms with van der Waals surface area (Å²) in [6.45, 7) is -0.0776. The van der Waals surface area contributed by atoms with Crippen LogP contribution in [-0.4, -0.2) is 8.42 Å². The van der Waals surface area contributed by atoms with E-state index in [-0.39, 0.29) is 22.2 Å². The highest BCUT2D eigenvalue weighted by atomic mass is 79.9. The maximum atomic E-state index is 13.2. The number of anilines is 1. The Morgan fingerprint density at radius 1 is 1.24 bits per heavy atom. The minimum atomic E-state index is -3.85. The summed E-state index contributed by atoms with van der Waals surface area (Å²) in [5, 5.41) is 0.0648. The maximum Gasteiger partial charge on any atom is 0.242 e. The molecule has 2 aromatic rings. The van der Waals surface area contributed by atoms with Crippen molar-refractivity contribution in [3.8, 4) is 0 Å². The van der Waals surface area contributed by atoms with Gasteiger partial charge in [-0.15, -0.1) is 0 Å². The first-order chi connectivity index (χ1) is 9.79. The van der Waals surface area contributed by atoms with Gasteiger partial charge in [0.05, 0.1) is 5.02 Å². The van der Waals surface area contributed by atoms with E-state index in [1.807, 2.05) is 0 Å². The molecule has 0 aliphatic rings. The molecule has 8 heteroatoms. The molecule has 0 atom stereocenters. The first-order valence-electron chi connectivity index (χ1n) is 5.78. The predicted octanol–water partition coefficient (Wildman–Crippen LogP) is 3.30. The monoisotopic (exact) mass is 392 g/mol. The highest BCUT2D eigenvalue weighted by Gasteiger charge is 2.18. The van der Waals surface area contributed by atoms with Gasteiger partial charge >= 0.3 is 0 Å². The molecule has 2 aromatic carbocycles. The van der Waals surface area contributed by atoms with Gasteiger partial charge < -0.3 is 5.73 Å². The Hall–Kier alpha value is -1.15. The molecule has 0 radical (unpaired) electrons. The molecule has 0 aromatic heterocycles. The minimum absolute atomic E-state index is 0.0648. The van der Waals surface area contributed by atoms with Crippen LogP contribution in [0.2, 0.25) is 5.02 Å². The highest BCUT2D eigenvalue weighted by Crippen LogP contribution is 2.24. The molecule has 0 heterocycles. The molecule has 2 rings (SSSR count). The maximum absolute atomic E-state index is 13.2. The number of hydrogen-bond donors (Lipinski definition) is 2. The van der Waals surface area contributed by atoms with E-state index in [4.69, 9.17) is 17.3 Å². The Labute approximate surface area is 135 Å². The van der Waals surface area contributed by atoms with Crippen LogP contribution in [-0.2, 0) is 16.6 Å². The molecule has 0 saturated heterocycles. The van der Waals surface area contributed by atoms with Crippen molar-refractivity contribution in [2.75, 3.05) is 5.73 Å². The second-order valence-electron chi connectivity index (χ2n) is 4.25. The fourth-order valence-corrected chi connectivity index (χ4v) is 3.58. The summed E-state index contributed by atoms with van der Waals surface area (Å²) in [5.41, 5.74) is 6.32. The van der Waals surface area contributed by atoms with Crippen LogP contribution in [0.15, 0.2) is 45.8 Å². The van der Waals surface area contributed by atoms with E-state index in [0.717, 1.165) is 0 Å². The van der Waals surface area contributed by atoms with Crippen molar-refractivity contribution in [1.82, 2.24) is 4.72 Å². The molecule has 0 aliphatic carbocycles. The molecule has 0 spiro atoms. The fourth-order valence-electron chi connectivity index (χ4n) is 1.66. The van der Waals surface area contributed by atoms with Crippen molar-refractivity contribution in [1.29, 1.82) is 0 Å². The van der Waals surface area contributed by atoms with Crippen LogP contribution >= 0.6 is 27.5 Å². The quantitative estimate of drug-likeness (QED) is 0.783. The van der Waals surface area contributed by atoms with Crippen LogP contribution < -0.4 is 10.5 Å². The van der Waals surface area contributed by atoms with E-state index >= 15 is 0 Å². The molecule has 0 fully saturated rings. The van der Waals surface area contributed by atoms with E-state index in [9.17, 15) is 12.8 Å². The number of halogens is 3. The smallest absolute Gasteiger partial charge is 0.242 e. The van der Waals surface area contributed by atoms with Crippen molar-refractivity contribution >= 4 is 43.2 Å². The Kier molecular flexibility index (Phi) is 4.88. The molecule has 0 aliphatic heterocycles. The number of nitrogens with two attached hydrogens (primary N) is 1. The van der Waals surface area contributed by atoms with Crippen LogP contribution in [0.1, 0.15) is 5.56 Å². The molecule has 0 bridgehead atoms. The second-order valence-corrected chi connectivity index (χ2v) is 7.25. The molecule has 4 nitrogen and oxygen atoms in total. The van der Waals surface area contributed by atoms with Gasteiger partial charge in [0.15, 0.2) is 0 Å². The lowest BCUT2D eigenvalue weighted by molar-refractivity contribution is 0.580. The highest BCUT2D eigenvalue weighted by molar-refractivity contribution is 9.10. The normalized spacial score (nSPS) is 11.6. The fraction of sp³-hybridized carbons (Fsp3) is 0.0769. The molecular formula is C13H11BrClFN2O2S. The zero-order valence-electron chi connectivity index (χ0n) is 10.6. The summed E-state index contributed by atoms with van der Waals surface area (Å²) in [4.78, 5) is -0.114. The lowest BCUT2D eigenvalue weighted by Crippen LogP contribution is -2.24. The summed E-state index contributed by atoms with van der Waals surface area (Å²) in [6.07, 6.45) is 0. The van der Waals surface area contributed by atoms with Crippen LogP contribution in [0.3, 0.4) is 0 Å². The summed E-state index contributed by atoms with van der Waals surface area (Å²) in [6, 6.07) is 8.20. The zero-order valence-corrected chi connectivity index (χ0v) is 13.8. The number of nitrogens with one attached hydrogen (secondary N) is 1. The van der Waals surface area contributed by atoms with E-state index in [2.05, 4.69) is 20.7 Å². The van der Waals surface area contributed by atoms with Gasteiger partial charge in [-0.05, 0) is 42.0 Å². The van der Waals surface area contributed by atoms with Gasteiger partial charge in [0.25, 0.3) is 0 Å². The van der Waals surface area contributed by atoms with E-state index in [1.165, 1.54) is 36.4 Å². The summed E-state index contributed by atoms with van der Waals surface area (Å²) in [5.74, 6) is -0.450. The van der Waals surface area contributed by atoms with Gasteiger partial charge in [-0.1, -0.05) is 27.5 Å². The largest absolute Gasteiger partial charge is 0.399 e. The molecular weight excluding hydrogens is 383 g/mol.